The minimum atomic E-state index is -0.494. The van der Waals surface area contributed by atoms with Crippen LogP contribution in [0.3, 0.4) is 0 Å². The number of anilines is 1. The number of amides is 1. The van der Waals surface area contributed by atoms with Crippen LogP contribution in [0.25, 0.3) is 0 Å². The van der Waals surface area contributed by atoms with Gasteiger partial charge in [0.15, 0.2) is 11.6 Å². The van der Waals surface area contributed by atoms with Crippen LogP contribution < -0.4 is 15.4 Å². The molecule has 1 aromatic carbocycles. The molecule has 29 heavy (non-hydrogen) atoms. The molecule has 2 aromatic rings. The second-order valence-electron chi connectivity index (χ2n) is 8.01. The molecule has 0 unspecified atom stereocenters. The van der Waals surface area contributed by atoms with E-state index in [1.54, 1.807) is 11.1 Å². The predicted octanol–water partition coefficient (Wildman–Crippen LogP) is 3.06. The lowest BCUT2D eigenvalue weighted by atomic mass is 9.82. The van der Waals surface area contributed by atoms with Gasteiger partial charge in [0.2, 0.25) is 0 Å². The summed E-state index contributed by atoms with van der Waals surface area (Å²) in [7, 11) is 0. The van der Waals surface area contributed by atoms with E-state index in [0.717, 1.165) is 13.1 Å². The fraction of sp³-hybridized carbons (Fsp3) is 0.476. The highest BCUT2D eigenvalue weighted by atomic mass is 19.1. The number of carbonyl (C=O) groups is 1. The van der Waals surface area contributed by atoms with E-state index in [1.807, 2.05) is 20.8 Å². The lowest BCUT2D eigenvalue weighted by Crippen LogP contribution is -2.58. The van der Waals surface area contributed by atoms with Crippen molar-refractivity contribution in [3.8, 4) is 11.5 Å². The smallest absolute Gasteiger partial charge is 0.257 e. The highest BCUT2D eigenvalue weighted by Crippen LogP contribution is 2.38. The fourth-order valence-electron chi connectivity index (χ4n) is 3.55. The molecule has 0 bridgehead atoms. The first-order valence-corrected chi connectivity index (χ1v) is 9.81. The average molecular weight is 401 g/mol. The zero-order valence-corrected chi connectivity index (χ0v) is 17.4. The van der Waals surface area contributed by atoms with E-state index in [4.69, 9.17) is 10.5 Å². The summed E-state index contributed by atoms with van der Waals surface area (Å²) in [5.41, 5.74) is 6.05. The van der Waals surface area contributed by atoms with Crippen LogP contribution in [0.2, 0.25) is 0 Å². The van der Waals surface area contributed by atoms with Crippen molar-refractivity contribution in [1.29, 1.82) is 0 Å². The Morgan fingerprint density at radius 1 is 1.38 bits per heavy atom. The van der Waals surface area contributed by atoms with Gasteiger partial charge >= 0.3 is 0 Å². The van der Waals surface area contributed by atoms with Gasteiger partial charge in [-0.15, -0.1) is 0 Å². The quantitative estimate of drug-likeness (QED) is 0.768. The number of hydrogen-bond acceptors (Lipinski definition) is 6. The van der Waals surface area contributed by atoms with Crippen LogP contribution in [0.4, 0.5) is 10.2 Å². The van der Waals surface area contributed by atoms with Crippen molar-refractivity contribution in [2.75, 3.05) is 31.1 Å². The van der Waals surface area contributed by atoms with Crippen molar-refractivity contribution < 1.29 is 13.9 Å². The van der Waals surface area contributed by atoms with E-state index < -0.39 is 5.82 Å². The van der Waals surface area contributed by atoms with E-state index in [0.29, 0.717) is 24.7 Å². The molecule has 1 aromatic heterocycles. The van der Waals surface area contributed by atoms with Crippen LogP contribution in [0.5, 0.6) is 11.5 Å². The number of rotatable bonds is 7. The summed E-state index contributed by atoms with van der Waals surface area (Å²) in [6, 6.07) is 3.93. The van der Waals surface area contributed by atoms with Crippen LogP contribution in [0.1, 0.15) is 38.1 Å². The molecule has 156 valence electrons. The Morgan fingerprint density at radius 2 is 2.10 bits per heavy atom. The molecule has 1 fully saturated rings. The molecular formula is C21H28FN5O2. The zero-order chi connectivity index (χ0) is 21.2. The maximum atomic E-state index is 13.9. The van der Waals surface area contributed by atoms with E-state index in [9.17, 15) is 9.18 Å². The molecule has 1 aliphatic rings. The number of ether oxygens (including phenoxy) is 1. The van der Waals surface area contributed by atoms with Crippen molar-refractivity contribution in [2.45, 2.75) is 33.7 Å². The van der Waals surface area contributed by atoms with Crippen molar-refractivity contribution in [1.82, 2.24) is 14.9 Å². The SMILES string of the molecule is CCN(C(=O)c1cc(F)ccc1Oc1cncnc1N1CC(C)(CN)C1)C(C)C. The lowest BCUT2D eigenvalue weighted by Gasteiger charge is -2.48. The molecule has 1 amide bonds. The van der Waals surface area contributed by atoms with Crippen LogP contribution in [0, 0.1) is 11.2 Å². The number of nitrogens with two attached hydrogens (primary N) is 1. The van der Waals surface area contributed by atoms with Gasteiger partial charge in [-0.2, -0.15) is 0 Å². The number of halogens is 1. The van der Waals surface area contributed by atoms with E-state index in [-0.39, 0.29) is 28.7 Å². The summed E-state index contributed by atoms with van der Waals surface area (Å²) in [5, 5.41) is 0. The molecule has 8 heteroatoms. The highest BCUT2D eigenvalue weighted by molar-refractivity contribution is 5.97. The molecule has 3 rings (SSSR count). The normalized spacial score (nSPS) is 15.2. The van der Waals surface area contributed by atoms with Crippen molar-refractivity contribution in [2.24, 2.45) is 11.1 Å². The zero-order valence-electron chi connectivity index (χ0n) is 17.4. The van der Waals surface area contributed by atoms with E-state index >= 15 is 0 Å². The van der Waals surface area contributed by atoms with Gasteiger partial charge in [-0.05, 0) is 39.0 Å². The first-order chi connectivity index (χ1) is 13.8. The standard InChI is InChI=1S/C21H28FN5O2/c1-5-27(14(2)3)20(28)16-8-15(22)6-7-17(16)29-18-9-24-13-25-19(18)26-11-21(4,10-23)12-26/h6-9,13-14H,5,10-12,23H2,1-4H3. The maximum Gasteiger partial charge on any atom is 0.257 e. The third-order valence-corrected chi connectivity index (χ3v) is 5.21. The fourth-order valence-corrected chi connectivity index (χ4v) is 3.55. The Kier molecular flexibility index (Phi) is 6.02. The molecule has 2 heterocycles. The van der Waals surface area contributed by atoms with Gasteiger partial charge in [-0.3, -0.25) is 4.79 Å². The third kappa shape index (κ3) is 4.32. The largest absolute Gasteiger partial charge is 0.451 e. The molecule has 1 saturated heterocycles. The van der Waals surface area contributed by atoms with Gasteiger partial charge in [0.05, 0.1) is 11.8 Å². The summed E-state index contributed by atoms with van der Waals surface area (Å²) in [6.45, 7) is 10.4. The van der Waals surface area contributed by atoms with Gasteiger partial charge in [-0.1, -0.05) is 6.92 Å². The molecule has 7 nitrogen and oxygen atoms in total. The Morgan fingerprint density at radius 3 is 2.72 bits per heavy atom. The van der Waals surface area contributed by atoms with Gasteiger partial charge in [0.1, 0.15) is 17.9 Å². The third-order valence-electron chi connectivity index (χ3n) is 5.21. The first-order valence-electron chi connectivity index (χ1n) is 9.81. The van der Waals surface area contributed by atoms with E-state index in [1.165, 1.54) is 24.5 Å². The molecule has 2 N–H and O–H groups in total. The maximum absolute atomic E-state index is 13.9. The van der Waals surface area contributed by atoms with Gasteiger partial charge in [0, 0.05) is 37.6 Å². The molecule has 0 spiro atoms. The Labute approximate surface area is 170 Å². The second-order valence-corrected chi connectivity index (χ2v) is 8.01. The summed E-state index contributed by atoms with van der Waals surface area (Å²) >= 11 is 0. The minimum Gasteiger partial charge on any atom is -0.451 e. The highest BCUT2D eigenvalue weighted by Gasteiger charge is 2.39. The van der Waals surface area contributed by atoms with Crippen molar-refractivity contribution in [3.63, 3.8) is 0 Å². The molecular weight excluding hydrogens is 373 g/mol. The molecule has 1 aliphatic heterocycles. The molecule has 0 saturated carbocycles. The summed E-state index contributed by atoms with van der Waals surface area (Å²) < 4.78 is 20.0. The van der Waals surface area contributed by atoms with Crippen LogP contribution in [-0.4, -0.2) is 53.0 Å². The van der Waals surface area contributed by atoms with Crippen LogP contribution >= 0.6 is 0 Å². The number of nitrogens with zero attached hydrogens (tertiary/aromatic N) is 4. The Hall–Kier alpha value is -2.74. The number of aromatic nitrogens is 2. The van der Waals surface area contributed by atoms with E-state index in [2.05, 4.69) is 21.8 Å². The monoisotopic (exact) mass is 401 g/mol. The Bertz CT molecular complexity index is 883. The van der Waals surface area contributed by atoms with Gasteiger partial charge < -0.3 is 20.3 Å². The van der Waals surface area contributed by atoms with Crippen LogP contribution in [-0.2, 0) is 0 Å². The van der Waals surface area contributed by atoms with Crippen molar-refractivity contribution >= 4 is 11.7 Å². The Balaban J connectivity index is 1.91. The summed E-state index contributed by atoms with van der Waals surface area (Å²) in [5.74, 6) is 0.542. The summed E-state index contributed by atoms with van der Waals surface area (Å²) in [4.78, 5) is 25.1. The van der Waals surface area contributed by atoms with Crippen LogP contribution in [0.15, 0.2) is 30.7 Å². The van der Waals surface area contributed by atoms with Gasteiger partial charge in [-0.25, -0.2) is 14.4 Å². The van der Waals surface area contributed by atoms with Crippen molar-refractivity contribution in [3.05, 3.63) is 42.1 Å². The second kappa shape index (κ2) is 8.32. The minimum absolute atomic E-state index is 0.0192. The number of hydrogen-bond donors (Lipinski definition) is 1. The number of carbonyl (C=O) groups excluding carboxylic acids is 1. The summed E-state index contributed by atoms with van der Waals surface area (Å²) in [6.07, 6.45) is 3.01. The van der Waals surface area contributed by atoms with Gasteiger partial charge in [0.25, 0.3) is 5.91 Å². The number of benzene rings is 1. The molecule has 0 radical (unpaired) electrons. The predicted molar refractivity (Wildman–Crippen MR) is 110 cm³/mol. The average Bonchev–Trinajstić information content (AvgIpc) is 2.67. The lowest BCUT2D eigenvalue weighted by molar-refractivity contribution is 0.0713. The molecule has 0 aliphatic carbocycles. The first kappa shape index (κ1) is 21.0. The topological polar surface area (TPSA) is 84.6 Å². The molecule has 0 atom stereocenters.